The van der Waals surface area contributed by atoms with Crippen molar-refractivity contribution in [3.8, 4) is 0 Å². The standard InChI is InChI=1S/C14H14F8O8S/c1-3-28-10(24)12(13(18,19)20,30-9(23)8(2)15)29-7-5-4-6-11(16,17)14(21,22)31(25,26)27/h3H,1-2,4-7H2,(H,25,26,27). The Balaban J connectivity index is 5.46. The van der Waals surface area contributed by atoms with Crippen molar-refractivity contribution in [1.82, 2.24) is 0 Å². The summed E-state index contributed by atoms with van der Waals surface area (Å²) < 4.78 is 146. The number of unbranched alkanes of at least 4 members (excludes halogenated alkanes) is 1. The highest BCUT2D eigenvalue weighted by atomic mass is 32.2. The molecule has 0 heterocycles. The van der Waals surface area contributed by atoms with Gasteiger partial charge in [-0.3, -0.25) is 4.55 Å². The quantitative estimate of drug-likeness (QED) is 0.0836. The molecular formula is C14H14F8O8S. The minimum atomic E-state index is -6.52. The van der Waals surface area contributed by atoms with Crippen molar-refractivity contribution in [3.63, 3.8) is 0 Å². The van der Waals surface area contributed by atoms with E-state index >= 15 is 0 Å². The SMILES string of the molecule is C=COC(=O)C(OCCCCC(F)(F)C(F)(F)S(=O)(=O)O)(OC(=O)C(=C)F)C(F)(F)F. The molecule has 0 saturated heterocycles. The number of halogens is 8. The van der Waals surface area contributed by atoms with Crippen molar-refractivity contribution in [1.29, 1.82) is 0 Å². The smallest absolute Gasteiger partial charge is 0.430 e. The summed E-state index contributed by atoms with van der Waals surface area (Å²) >= 11 is 0. The van der Waals surface area contributed by atoms with Crippen LogP contribution in [0.2, 0.25) is 0 Å². The fraction of sp³-hybridized carbons (Fsp3) is 0.571. The number of hydrogen-bond donors (Lipinski definition) is 1. The molecular weight excluding hydrogens is 480 g/mol. The van der Waals surface area contributed by atoms with E-state index in [4.69, 9.17) is 4.55 Å². The van der Waals surface area contributed by atoms with E-state index in [0.717, 1.165) is 0 Å². The Morgan fingerprint density at radius 1 is 1.03 bits per heavy atom. The van der Waals surface area contributed by atoms with Crippen LogP contribution in [0.3, 0.4) is 0 Å². The molecule has 0 aliphatic carbocycles. The number of esters is 2. The van der Waals surface area contributed by atoms with E-state index in [1.807, 2.05) is 0 Å². The van der Waals surface area contributed by atoms with Crippen LogP contribution in [0.4, 0.5) is 35.1 Å². The summed E-state index contributed by atoms with van der Waals surface area (Å²) in [6.45, 7) is 3.73. The third kappa shape index (κ3) is 6.60. The Bertz CT molecular complexity index is 808. The van der Waals surface area contributed by atoms with Crippen molar-refractivity contribution in [2.75, 3.05) is 6.61 Å². The van der Waals surface area contributed by atoms with Crippen LogP contribution in [0, 0.1) is 0 Å². The molecule has 31 heavy (non-hydrogen) atoms. The first-order valence-corrected chi connectivity index (χ1v) is 9.04. The highest BCUT2D eigenvalue weighted by Gasteiger charge is 2.68. The van der Waals surface area contributed by atoms with E-state index in [2.05, 4.69) is 27.4 Å². The van der Waals surface area contributed by atoms with Gasteiger partial charge in [0.2, 0.25) is 5.83 Å². The van der Waals surface area contributed by atoms with E-state index in [0.29, 0.717) is 0 Å². The van der Waals surface area contributed by atoms with Gasteiger partial charge >= 0.3 is 45.2 Å². The average Bonchev–Trinajstić information content (AvgIpc) is 2.57. The number of alkyl halides is 7. The van der Waals surface area contributed by atoms with Gasteiger partial charge in [0.1, 0.15) is 0 Å². The predicted octanol–water partition coefficient (Wildman–Crippen LogP) is 3.26. The van der Waals surface area contributed by atoms with Gasteiger partial charge in [-0.15, -0.1) is 0 Å². The molecule has 0 bridgehead atoms. The molecule has 0 fully saturated rings. The number of rotatable bonds is 12. The van der Waals surface area contributed by atoms with E-state index < -0.39 is 76.9 Å². The second-order valence-electron chi connectivity index (χ2n) is 5.48. The molecule has 8 nitrogen and oxygen atoms in total. The zero-order chi connectivity index (χ0) is 24.9. The van der Waals surface area contributed by atoms with Gasteiger partial charge in [0.15, 0.2) is 0 Å². The number of carbonyl (C=O) groups is 2. The topological polar surface area (TPSA) is 116 Å². The van der Waals surface area contributed by atoms with Crippen molar-refractivity contribution >= 4 is 22.1 Å². The second-order valence-corrected chi connectivity index (χ2v) is 6.95. The summed E-state index contributed by atoms with van der Waals surface area (Å²) in [6.07, 6.45) is -9.82. The lowest BCUT2D eigenvalue weighted by Crippen LogP contribution is -2.58. The van der Waals surface area contributed by atoms with Gasteiger partial charge < -0.3 is 14.2 Å². The molecule has 0 radical (unpaired) electrons. The highest BCUT2D eigenvalue weighted by molar-refractivity contribution is 7.87. The first kappa shape index (κ1) is 28.7. The van der Waals surface area contributed by atoms with E-state index in [1.165, 1.54) is 0 Å². The molecule has 1 N–H and O–H groups in total. The monoisotopic (exact) mass is 494 g/mol. The molecule has 0 aromatic carbocycles. The fourth-order valence-corrected chi connectivity index (χ4v) is 2.20. The van der Waals surface area contributed by atoms with Crippen molar-refractivity contribution < 1.29 is 71.9 Å². The third-order valence-corrected chi connectivity index (χ3v) is 4.18. The van der Waals surface area contributed by atoms with Crippen LogP contribution < -0.4 is 0 Å². The first-order valence-electron chi connectivity index (χ1n) is 7.60. The zero-order valence-corrected chi connectivity index (χ0v) is 15.9. The van der Waals surface area contributed by atoms with Gasteiger partial charge in [0.05, 0.1) is 12.9 Å². The van der Waals surface area contributed by atoms with Gasteiger partial charge in [0.25, 0.3) is 0 Å². The molecule has 0 aliphatic heterocycles. The van der Waals surface area contributed by atoms with Crippen LogP contribution in [0.15, 0.2) is 25.2 Å². The predicted molar refractivity (Wildman–Crippen MR) is 82.7 cm³/mol. The molecule has 17 heteroatoms. The summed E-state index contributed by atoms with van der Waals surface area (Å²) in [7, 11) is -6.52. The van der Waals surface area contributed by atoms with E-state index in [-0.39, 0.29) is 6.26 Å². The average molecular weight is 494 g/mol. The largest absolute Gasteiger partial charge is 0.468 e. The summed E-state index contributed by atoms with van der Waals surface area (Å²) in [5, 5.41) is -5.90. The second kappa shape index (κ2) is 9.90. The van der Waals surface area contributed by atoms with E-state index in [9.17, 15) is 53.1 Å². The Morgan fingerprint density at radius 3 is 1.94 bits per heavy atom. The molecule has 0 saturated carbocycles. The normalized spacial score (nSPS) is 15.0. The van der Waals surface area contributed by atoms with Crippen molar-refractivity contribution in [2.24, 2.45) is 0 Å². The maximum absolute atomic E-state index is 13.4. The maximum atomic E-state index is 13.4. The molecule has 0 aromatic heterocycles. The van der Waals surface area contributed by atoms with Gasteiger partial charge in [0, 0.05) is 6.42 Å². The van der Waals surface area contributed by atoms with Gasteiger partial charge in [-0.25, -0.2) is 9.59 Å². The van der Waals surface area contributed by atoms with Crippen molar-refractivity contribution in [3.05, 3.63) is 25.2 Å². The minimum Gasteiger partial charge on any atom is -0.430 e. The van der Waals surface area contributed by atoms with Gasteiger partial charge in [-0.05, 0) is 12.8 Å². The van der Waals surface area contributed by atoms with Crippen LogP contribution in [-0.4, -0.2) is 54.7 Å². The molecule has 0 spiro atoms. The molecule has 1 atom stereocenters. The van der Waals surface area contributed by atoms with Crippen LogP contribution in [0.1, 0.15) is 19.3 Å². The third-order valence-electron chi connectivity index (χ3n) is 3.23. The first-order chi connectivity index (χ1) is 13.8. The summed E-state index contributed by atoms with van der Waals surface area (Å²) in [6, 6.07) is 0. The number of hydrogen-bond acceptors (Lipinski definition) is 7. The number of ether oxygens (including phenoxy) is 3. The minimum absolute atomic E-state index is 0.155. The lowest BCUT2D eigenvalue weighted by molar-refractivity contribution is -0.353. The summed E-state index contributed by atoms with van der Waals surface area (Å²) in [5.41, 5.74) is 0. The Kier molecular flexibility index (Phi) is 9.18. The Labute approximate surface area is 169 Å². The lowest BCUT2D eigenvalue weighted by Gasteiger charge is -2.31. The number of carbonyl (C=O) groups excluding carboxylic acids is 2. The van der Waals surface area contributed by atoms with Gasteiger partial charge in [-0.1, -0.05) is 13.2 Å². The highest BCUT2D eigenvalue weighted by Crippen LogP contribution is 2.42. The van der Waals surface area contributed by atoms with Crippen LogP contribution in [0.25, 0.3) is 0 Å². The molecule has 1 unspecified atom stereocenters. The fourth-order valence-electron chi connectivity index (χ4n) is 1.72. The maximum Gasteiger partial charge on any atom is 0.468 e. The molecule has 0 amide bonds. The van der Waals surface area contributed by atoms with Crippen LogP contribution >= 0.6 is 0 Å². The van der Waals surface area contributed by atoms with E-state index in [1.54, 1.807) is 0 Å². The summed E-state index contributed by atoms with van der Waals surface area (Å²) in [5.74, 6) is -16.9. The molecule has 0 aliphatic rings. The van der Waals surface area contributed by atoms with Gasteiger partial charge in [-0.2, -0.15) is 43.5 Å². The van der Waals surface area contributed by atoms with Crippen LogP contribution in [-0.2, 0) is 33.9 Å². The molecule has 0 aromatic rings. The lowest BCUT2D eigenvalue weighted by atomic mass is 10.1. The zero-order valence-electron chi connectivity index (χ0n) is 15.1. The van der Waals surface area contributed by atoms with Crippen molar-refractivity contribution in [2.45, 2.75) is 42.4 Å². The Morgan fingerprint density at radius 2 is 1.55 bits per heavy atom. The summed E-state index contributed by atoms with van der Waals surface area (Å²) in [4.78, 5) is 22.8. The van der Waals surface area contributed by atoms with Crippen LogP contribution in [0.5, 0.6) is 0 Å². The molecule has 180 valence electrons. The Hall–Kier alpha value is -2.27. The molecule has 0 rings (SSSR count).